The second-order valence-corrected chi connectivity index (χ2v) is 5.30. The van der Waals surface area contributed by atoms with Gasteiger partial charge in [0.1, 0.15) is 5.69 Å². The minimum Gasteiger partial charge on any atom is -0.461 e. The SMILES string of the molecule is C=Nc1c(/C=C\C)cc(C(=O)OCC)nc1NC1CCCC1. The number of hydrogen-bond acceptors (Lipinski definition) is 5. The number of aromatic nitrogens is 1. The van der Waals surface area contributed by atoms with E-state index in [0.29, 0.717) is 29.8 Å². The molecule has 0 spiro atoms. The Bertz CT molecular complexity index is 576. The van der Waals surface area contributed by atoms with Crippen molar-refractivity contribution in [2.45, 2.75) is 45.6 Å². The first-order valence-corrected chi connectivity index (χ1v) is 7.77. The average Bonchev–Trinajstić information content (AvgIpc) is 3.00. The molecular formula is C17H23N3O2. The number of pyridine rings is 1. The van der Waals surface area contributed by atoms with Crippen LogP contribution in [-0.4, -0.2) is 30.3 Å². The van der Waals surface area contributed by atoms with E-state index in [1.807, 2.05) is 19.1 Å². The molecule has 0 saturated heterocycles. The normalized spacial score (nSPS) is 15.2. The van der Waals surface area contributed by atoms with Crippen LogP contribution >= 0.6 is 0 Å². The van der Waals surface area contributed by atoms with Crippen molar-refractivity contribution in [2.24, 2.45) is 4.99 Å². The van der Waals surface area contributed by atoms with Gasteiger partial charge in [0.15, 0.2) is 11.5 Å². The van der Waals surface area contributed by atoms with Gasteiger partial charge in [-0.05, 0) is 39.5 Å². The molecule has 0 bridgehead atoms. The van der Waals surface area contributed by atoms with Gasteiger partial charge in [0.05, 0.1) is 6.61 Å². The molecule has 118 valence electrons. The maximum Gasteiger partial charge on any atom is 0.357 e. The van der Waals surface area contributed by atoms with Crippen molar-refractivity contribution in [1.82, 2.24) is 4.98 Å². The summed E-state index contributed by atoms with van der Waals surface area (Å²) in [6.07, 6.45) is 8.45. The van der Waals surface area contributed by atoms with Crippen LogP contribution in [0.5, 0.6) is 0 Å². The number of carbonyl (C=O) groups is 1. The number of anilines is 1. The Labute approximate surface area is 131 Å². The van der Waals surface area contributed by atoms with E-state index in [1.165, 1.54) is 12.8 Å². The summed E-state index contributed by atoms with van der Waals surface area (Å²) in [5.41, 5.74) is 1.79. The Morgan fingerprint density at radius 2 is 2.27 bits per heavy atom. The van der Waals surface area contributed by atoms with E-state index in [9.17, 15) is 4.79 Å². The van der Waals surface area contributed by atoms with Crippen LogP contribution in [0, 0.1) is 0 Å². The highest BCUT2D eigenvalue weighted by molar-refractivity contribution is 5.91. The highest BCUT2D eigenvalue weighted by Gasteiger charge is 2.20. The quantitative estimate of drug-likeness (QED) is 0.637. The summed E-state index contributed by atoms with van der Waals surface area (Å²) < 4.78 is 5.06. The van der Waals surface area contributed by atoms with Crippen LogP contribution in [0.4, 0.5) is 11.5 Å². The largest absolute Gasteiger partial charge is 0.461 e. The lowest BCUT2D eigenvalue weighted by molar-refractivity contribution is 0.0519. The molecule has 22 heavy (non-hydrogen) atoms. The predicted octanol–water partition coefficient (Wildman–Crippen LogP) is 3.98. The molecule has 1 N–H and O–H groups in total. The highest BCUT2D eigenvalue weighted by Crippen LogP contribution is 2.32. The third kappa shape index (κ3) is 3.72. The van der Waals surface area contributed by atoms with E-state index < -0.39 is 5.97 Å². The van der Waals surface area contributed by atoms with E-state index in [4.69, 9.17) is 4.74 Å². The van der Waals surface area contributed by atoms with Crippen LogP contribution in [0.2, 0.25) is 0 Å². The van der Waals surface area contributed by atoms with Gasteiger partial charge in [0.25, 0.3) is 0 Å². The minimum atomic E-state index is -0.418. The van der Waals surface area contributed by atoms with Crippen molar-refractivity contribution in [3.63, 3.8) is 0 Å². The topological polar surface area (TPSA) is 63.6 Å². The number of carbonyl (C=O) groups excluding carboxylic acids is 1. The maximum atomic E-state index is 12.0. The second-order valence-electron chi connectivity index (χ2n) is 5.30. The fourth-order valence-electron chi connectivity index (χ4n) is 2.70. The Morgan fingerprint density at radius 1 is 1.55 bits per heavy atom. The number of rotatable bonds is 6. The molecule has 0 aromatic carbocycles. The zero-order valence-corrected chi connectivity index (χ0v) is 13.3. The molecule has 0 aliphatic heterocycles. The van der Waals surface area contributed by atoms with Crippen molar-refractivity contribution in [3.8, 4) is 0 Å². The van der Waals surface area contributed by atoms with Gasteiger partial charge in [-0.2, -0.15) is 0 Å². The van der Waals surface area contributed by atoms with Gasteiger partial charge in [-0.3, -0.25) is 4.99 Å². The summed E-state index contributed by atoms with van der Waals surface area (Å²) in [4.78, 5) is 20.5. The molecule has 2 rings (SSSR count). The van der Waals surface area contributed by atoms with Gasteiger partial charge in [-0.1, -0.05) is 25.0 Å². The van der Waals surface area contributed by atoms with Gasteiger partial charge in [0, 0.05) is 11.6 Å². The van der Waals surface area contributed by atoms with E-state index >= 15 is 0 Å². The number of esters is 1. The third-order valence-corrected chi connectivity index (χ3v) is 3.71. The molecule has 1 aromatic heterocycles. The molecule has 0 unspecified atom stereocenters. The number of nitrogens with zero attached hydrogens (tertiary/aromatic N) is 2. The molecule has 1 saturated carbocycles. The Hall–Kier alpha value is -2.17. The van der Waals surface area contributed by atoms with Gasteiger partial charge in [0.2, 0.25) is 0 Å². The van der Waals surface area contributed by atoms with Gasteiger partial charge in [-0.25, -0.2) is 9.78 Å². The monoisotopic (exact) mass is 301 g/mol. The summed E-state index contributed by atoms with van der Waals surface area (Å²) in [6, 6.07) is 2.07. The van der Waals surface area contributed by atoms with Crippen molar-refractivity contribution < 1.29 is 9.53 Å². The van der Waals surface area contributed by atoms with Crippen molar-refractivity contribution in [3.05, 3.63) is 23.4 Å². The minimum absolute atomic E-state index is 0.294. The van der Waals surface area contributed by atoms with Gasteiger partial charge in [-0.15, -0.1) is 0 Å². The molecule has 0 radical (unpaired) electrons. The summed E-state index contributed by atoms with van der Waals surface area (Å²) in [7, 11) is 0. The zero-order valence-electron chi connectivity index (χ0n) is 13.3. The number of allylic oxidation sites excluding steroid dienone is 1. The van der Waals surface area contributed by atoms with Crippen molar-refractivity contribution >= 4 is 30.3 Å². The molecule has 1 aromatic rings. The lowest BCUT2D eigenvalue weighted by Crippen LogP contribution is -2.17. The van der Waals surface area contributed by atoms with E-state index in [2.05, 4.69) is 22.0 Å². The summed E-state index contributed by atoms with van der Waals surface area (Å²) in [5, 5.41) is 3.41. The predicted molar refractivity (Wildman–Crippen MR) is 90.0 cm³/mol. The second kappa shape index (κ2) is 7.73. The Balaban J connectivity index is 2.42. The fourth-order valence-corrected chi connectivity index (χ4v) is 2.70. The average molecular weight is 301 g/mol. The van der Waals surface area contributed by atoms with Crippen LogP contribution in [0.3, 0.4) is 0 Å². The van der Waals surface area contributed by atoms with Crippen LogP contribution in [-0.2, 0) is 4.74 Å². The fraction of sp³-hybridized carbons (Fsp3) is 0.471. The number of ether oxygens (including phenoxy) is 1. The first-order valence-electron chi connectivity index (χ1n) is 7.77. The van der Waals surface area contributed by atoms with Gasteiger partial charge >= 0.3 is 5.97 Å². The molecule has 5 nitrogen and oxygen atoms in total. The smallest absolute Gasteiger partial charge is 0.357 e. The highest BCUT2D eigenvalue weighted by atomic mass is 16.5. The maximum absolute atomic E-state index is 12.0. The van der Waals surface area contributed by atoms with Gasteiger partial charge < -0.3 is 10.1 Å². The van der Waals surface area contributed by atoms with E-state index in [0.717, 1.165) is 18.4 Å². The van der Waals surface area contributed by atoms with Crippen LogP contribution in [0.15, 0.2) is 17.1 Å². The first-order chi connectivity index (χ1) is 10.7. The van der Waals surface area contributed by atoms with E-state index in [1.54, 1.807) is 13.0 Å². The van der Waals surface area contributed by atoms with Crippen molar-refractivity contribution in [1.29, 1.82) is 0 Å². The lowest BCUT2D eigenvalue weighted by Gasteiger charge is -2.16. The third-order valence-electron chi connectivity index (χ3n) is 3.71. The van der Waals surface area contributed by atoms with E-state index in [-0.39, 0.29) is 0 Å². The Morgan fingerprint density at radius 3 is 2.86 bits per heavy atom. The molecule has 0 amide bonds. The Kier molecular flexibility index (Phi) is 5.69. The summed E-state index contributed by atoms with van der Waals surface area (Å²) in [6.45, 7) is 7.66. The molecule has 0 atom stereocenters. The number of hydrogen-bond donors (Lipinski definition) is 1. The number of aliphatic imine (C=N–C) groups is 1. The van der Waals surface area contributed by atoms with Crippen LogP contribution < -0.4 is 5.32 Å². The molecule has 1 fully saturated rings. The lowest BCUT2D eigenvalue weighted by atomic mass is 10.1. The standard InChI is InChI=1S/C17H23N3O2/c1-4-8-12-11-14(17(21)22-5-2)20-16(15(12)18-3)19-13-9-6-7-10-13/h4,8,11,13H,3,5-7,9-10H2,1-2H3,(H,19,20)/b8-4-. The molecule has 1 aliphatic carbocycles. The first kappa shape index (κ1) is 16.2. The van der Waals surface area contributed by atoms with Crippen LogP contribution in [0.25, 0.3) is 6.08 Å². The van der Waals surface area contributed by atoms with Crippen LogP contribution in [0.1, 0.15) is 55.6 Å². The summed E-state index contributed by atoms with van der Waals surface area (Å²) >= 11 is 0. The molecule has 1 heterocycles. The molecule has 1 aliphatic rings. The van der Waals surface area contributed by atoms with Crippen molar-refractivity contribution in [2.75, 3.05) is 11.9 Å². The summed E-state index contributed by atoms with van der Waals surface area (Å²) in [5.74, 6) is 0.193. The zero-order chi connectivity index (χ0) is 15.9. The number of nitrogens with one attached hydrogen (secondary N) is 1. The molecular weight excluding hydrogens is 278 g/mol. The molecule has 5 heteroatoms.